The summed E-state index contributed by atoms with van der Waals surface area (Å²) in [4.78, 5) is 35.1. The van der Waals surface area contributed by atoms with Crippen LogP contribution in [0.1, 0.15) is 15.9 Å². The van der Waals surface area contributed by atoms with Gasteiger partial charge in [-0.05, 0) is 42.5 Å². The van der Waals surface area contributed by atoms with Crippen LogP contribution in [0.5, 0.6) is 17.2 Å². The molecule has 0 bridgehead atoms. The fourth-order valence-corrected chi connectivity index (χ4v) is 3.27. The van der Waals surface area contributed by atoms with Crippen molar-refractivity contribution in [1.82, 2.24) is 9.80 Å². The second kappa shape index (κ2) is 12.3. The number of carboxylic acids is 2. The third-order valence-electron chi connectivity index (χ3n) is 5.06. The number of amides is 1. The highest BCUT2D eigenvalue weighted by atomic mass is 16.5. The number of nitrogens with zero attached hydrogens (tertiary/aromatic N) is 2. The van der Waals surface area contributed by atoms with Crippen molar-refractivity contribution >= 4 is 17.8 Å². The van der Waals surface area contributed by atoms with Crippen LogP contribution in [0.25, 0.3) is 0 Å². The summed E-state index contributed by atoms with van der Waals surface area (Å²) >= 11 is 0. The quantitative estimate of drug-likeness (QED) is 0.621. The second-order valence-corrected chi connectivity index (χ2v) is 7.08. The van der Waals surface area contributed by atoms with E-state index in [9.17, 15) is 4.79 Å². The lowest BCUT2D eigenvalue weighted by Gasteiger charge is -2.35. The van der Waals surface area contributed by atoms with Crippen molar-refractivity contribution in [1.29, 1.82) is 0 Å². The fourth-order valence-electron chi connectivity index (χ4n) is 3.27. The van der Waals surface area contributed by atoms with Crippen LogP contribution in [0.4, 0.5) is 0 Å². The molecule has 1 saturated heterocycles. The zero-order valence-corrected chi connectivity index (χ0v) is 18.8. The minimum Gasteiger partial charge on any atom is -0.497 e. The Hall–Kier alpha value is -3.79. The lowest BCUT2D eigenvalue weighted by atomic mass is 10.1. The van der Waals surface area contributed by atoms with Gasteiger partial charge in [-0.25, -0.2) is 9.59 Å². The van der Waals surface area contributed by atoms with Crippen LogP contribution in [0, 0.1) is 0 Å². The molecule has 178 valence electrons. The van der Waals surface area contributed by atoms with Crippen molar-refractivity contribution in [2.24, 2.45) is 0 Å². The van der Waals surface area contributed by atoms with E-state index in [1.807, 2.05) is 47.4 Å². The van der Waals surface area contributed by atoms with Crippen molar-refractivity contribution in [3.05, 3.63) is 53.6 Å². The van der Waals surface area contributed by atoms with E-state index in [4.69, 9.17) is 34.0 Å². The first-order valence-corrected chi connectivity index (χ1v) is 10.1. The zero-order chi connectivity index (χ0) is 24.4. The van der Waals surface area contributed by atoms with Gasteiger partial charge in [0, 0.05) is 43.9 Å². The molecule has 1 aliphatic heterocycles. The van der Waals surface area contributed by atoms with Crippen molar-refractivity contribution in [3.8, 4) is 17.2 Å². The Balaban J connectivity index is 0.000000569. The normalized spacial score (nSPS) is 13.4. The monoisotopic (exact) mass is 460 g/mol. The SMILES string of the molecule is COc1ccc(C(=O)N2CCN(Cc3cc(OC)ccc3OC)CC2)cc1.O=C(O)C(=O)O. The topological polar surface area (TPSA) is 126 Å². The Morgan fingerprint density at radius 3 is 1.82 bits per heavy atom. The molecule has 0 radical (unpaired) electrons. The lowest BCUT2D eigenvalue weighted by Crippen LogP contribution is -2.48. The summed E-state index contributed by atoms with van der Waals surface area (Å²) in [5.41, 5.74) is 1.78. The standard InChI is InChI=1S/C21H26N2O4.C2H2O4/c1-25-18-6-4-16(5-7-18)21(24)23-12-10-22(11-13-23)15-17-14-19(26-2)8-9-20(17)27-3;3-1(4)2(5)6/h4-9,14H,10-13,15H2,1-3H3;(H,3,4)(H,5,6). The molecule has 2 aromatic carbocycles. The van der Waals surface area contributed by atoms with E-state index in [1.165, 1.54) is 0 Å². The molecule has 0 atom stereocenters. The number of carboxylic acid groups (broad SMARTS) is 2. The molecule has 0 unspecified atom stereocenters. The molecule has 10 nitrogen and oxygen atoms in total. The molecule has 1 heterocycles. The molecule has 0 aromatic heterocycles. The van der Waals surface area contributed by atoms with E-state index in [1.54, 1.807) is 21.3 Å². The van der Waals surface area contributed by atoms with Gasteiger partial charge in [0.1, 0.15) is 17.2 Å². The molecular weight excluding hydrogens is 432 g/mol. The average Bonchev–Trinajstić information content (AvgIpc) is 2.84. The van der Waals surface area contributed by atoms with Crippen molar-refractivity contribution in [2.75, 3.05) is 47.5 Å². The fraction of sp³-hybridized carbons (Fsp3) is 0.348. The lowest BCUT2D eigenvalue weighted by molar-refractivity contribution is -0.159. The molecule has 1 fully saturated rings. The Labute approximate surface area is 191 Å². The first-order chi connectivity index (χ1) is 15.8. The third kappa shape index (κ3) is 7.39. The van der Waals surface area contributed by atoms with Crippen LogP contribution in [-0.4, -0.2) is 85.4 Å². The molecule has 0 aliphatic carbocycles. The van der Waals surface area contributed by atoms with Crippen LogP contribution in [0.15, 0.2) is 42.5 Å². The van der Waals surface area contributed by atoms with Gasteiger partial charge in [-0.15, -0.1) is 0 Å². The molecule has 0 saturated carbocycles. The maximum atomic E-state index is 12.7. The molecule has 2 aromatic rings. The number of methoxy groups -OCH3 is 3. The maximum absolute atomic E-state index is 12.7. The van der Waals surface area contributed by atoms with Crippen LogP contribution in [0.2, 0.25) is 0 Å². The van der Waals surface area contributed by atoms with E-state index in [0.717, 1.165) is 42.4 Å². The zero-order valence-electron chi connectivity index (χ0n) is 18.8. The van der Waals surface area contributed by atoms with Gasteiger partial charge in [0.2, 0.25) is 0 Å². The number of ether oxygens (including phenoxy) is 3. The van der Waals surface area contributed by atoms with Crippen molar-refractivity contribution in [2.45, 2.75) is 6.54 Å². The number of piperazine rings is 1. The Bertz CT molecular complexity index is 941. The minimum atomic E-state index is -1.82. The maximum Gasteiger partial charge on any atom is 0.414 e. The average molecular weight is 460 g/mol. The molecular formula is C23H28N2O8. The van der Waals surface area contributed by atoms with E-state index >= 15 is 0 Å². The van der Waals surface area contributed by atoms with E-state index < -0.39 is 11.9 Å². The van der Waals surface area contributed by atoms with Crippen molar-refractivity contribution < 1.29 is 38.8 Å². The van der Waals surface area contributed by atoms with Gasteiger partial charge in [0.25, 0.3) is 5.91 Å². The predicted octanol–water partition coefficient (Wildman–Crippen LogP) is 1.83. The minimum absolute atomic E-state index is 0.0660. The highest BCUT2D eigenvalue weighted by Crippen LogP contribution is 2.25. The van der Waals surface area contributed by atoms with Gasteiger partial charge in [-0.3, -0.25) is 9.69 Å². The number of carbonyl (C=O) groups is 3. The van der Waals surface area contributed by atoms with E-state index in [-0.39, 0.29) is 5.91 Å². The summed E-state index contributed by atoms with van der Waals surface area (Å²) in [6, 6.07) is 13.1. The van der Waals surface area contributed by atoms with Crippen LogP contribution < -0.4 is 14.2 Å². The molecule has 2 N–H and O–H groups in total. The smallest absolute Gasteiger partial charge is 0.414 e. The predicted molar refractivity (Wildman–Crippen MR) is 119 cm³/mol. The van der Waals surface area contributed by atoms with E-state index in [2.05, 4.69) is 4.90 Å². The Morgan fingerprint density at radius 1 is 0.788 bits per heavy atom. The summed E-state index contributed by atoms with van der Waals surface area (Å²) < 4.78 is 15.9. The number of benzene rings is 2. The molecule has 10 heteroatoms. The first kappa shape index (κ1) is 25.5. The molecule has 0 spiro atoms. The summed E-state index contributed by atoms with van der Waals surface area (Å²) in [7, 11) is 4.96. The summed E-state index contributed by atoms with van der Waals surface area (Å²) in [6.45, 7) is 3.82. The van der Waals surface area contributed by atoms with Crippen molar-refractivity contribution in [3.63, 3.8) is 0 Å². The number of hydrogen-bond donors (Lipinski definition) is 2. The van der Waals surface area contributed by atoms with Gasteiger partial charge in [-0.1, -0.05) is 0 Å². The van der Waals surface area contributed by atoms with Gasteiger partial charge in [0.15, 0.2) is 0 Å². The van der Waals surface area contributed by atoms with Crippen LogP contribution >= 0.6 is 0 Å². The van der Waals surface area contributed by atoms with Gasteiger partial charge < -0.3 is 29.3 Å². The van der Waals surface area contributed by atoms with Gasteiger partial charge in [0.05, 0.1) is 21.3 Å². The first-order valence-electron chi connectivity index (χ1n) is 10.1. The molecule has 33 heavy (non-hydrogen) atoms. The largest absolute Gasteiger partial charge is 0.497 e. The Kier molecular flexibility index (Phi) is 9.49. The number of hydrogen-bond acceptors (Lipinski definition) is 7. The molecule has 3 rings (SSSR count). The number of aliphatic carboxylic acids is 2. The highest BCUT2D eigenvalue weighted by Gasteiger charge is 2.23. The number of carbonyl (C=O) groups excluding carboxylic acids is 1. The van der Waals surface area contributed by atoms with Crippen LogP contribution in [0.3, 0.4) is 0 Å². The third-order valence-corrected chi connectivity index (χ3v) is 5.06. The molecule has 1 amide bonds. The van der Waals surface area contributed by atoms with E-state index in [0.29, 0.717) is 18.7 Å². The summed E-state index contributed by atoms with van der Waals surface area (Å²) in [5.74, 6) is -1.16. The number of rotatable bonds is 6. The Morgan fingerprint density at radius 2 is 1.33 bits per heavy atom. The van der Waals surface area contributed by atoms with Gasteiger partial charge >= 0.3 is 11.9 Å². The molecule has 1 aliphatic rings. The summed E-state index contributed by atoms with van der Waals surface area (Å²) in [6.07, 6.45) is 0. The second-order valence-electron chi connectivity index (χ2n) is 7.08. The highest BCUT2D eigenvalue weighted by molar-refractivity contribution is 6.27. The summed E-state index contributed by atoms with van der Waals surface area (Å²) in [5, 5.41) is 14.8. The van der Waals surface area contributed by atoms with Crippen LogP contribution in [-0.2, 0) is 16.1 Å². The van der Waals surface area contributed by atoms with Gasteiger partial charge in [-0.2, -0.15) is 0 Å².